The molecule has 6 nitrogen and oxygen atoms in total. The molecule has 22 heavy (non-hydrogen) atoms. The third-order valence-corrected chi connectivity index (χ3v) is 4.31. The highest BCUT2D eigenvalue weighted by atomic mass is 16.6. The molecule has 1 N–H and O–H groups in total. The maximum absolute atomic E-state index is 12.2. The molecule has 6 heteroatoms. The van der Waals surface area contributed by atoms with Gasteiger partial charge in [0, 0.05) is 34.9 Å². The minimum absolute atomic E-state index is 0.173. The number of para-hydroxylation sites is 1. The number of nitrogens with zero attached hydrogens (tertiary/aromatic N) is 1. The summed E-state index contributed by atoms with van der Waals surface area (Å²) in [4.78, 5) is 38.1. The lowest BCUT2D eigenvalue weighted by Crippen LogP contribution is -2.36. The predicted octanol–water partition coefficient (Wildman–Crippen LogP) is 2.47. The molecule has 0 spiro atoms. The molecule has 0 amide bonds. The van der Waals surface area contributed by atoms with Crippen molar-refractivity contribution in [3.63, 3.8) is 0 Å². The van der Waals surface area contributed by atoms with Crippen molar-refractivity contribution in [2.45, 2.75) is 25.2 Å². The maximum atomic E-state index is 12.2. The highest BCUT2D eigenvalue weighted by Crippen LogP contribution is 2.35. The van der Waals surface area contributed by atoms with E-state index in [1.807, 2.05) is 24.3 Å². The normalized spacial score (nSPS) is 17.8. The first-order chi connectivity index (χ1) is 10.6. The number of carbonyl (C=O) groups excluding carboxylic acids is 2. The van der Waals surface area contributed by atoms with Gasteiger partial charge in [-0.1, -0.05) is 18.2 Å². The van der Waals surface area contributed by atoms with Crippen molar-refractivity contribution in [3.8, 4) is 0 Å². The number of nitro groups is 1. The molecule has 1 fully saturated rings. The van der Waals surface area contributed by atoms with Crippen LogP contribution < -0.4 is 0 Å². The van der Waals surface area contributed by atoms with Gasteiger partial charge in [-0.15, -0.1) is 0 Å². The minimum atomic E-state index is -0.890. The summed E-state index contributed by atoms with van der Waals surface area (Å²) < 4.78 is 0. The number of hydrogen-bond donors (Lipinski definition) is 1. The van der Waals surface area contributed by atoms with Crippen molar-refractivity contribution in [1.29, 1.82) is 0 Å². The van der Waals surface area contributed by atoms with Crippen LogP contribution in [0.25, 0.3) is 10.9 Å². The van der Waals surface area contributed by atoms with E-state index in [0.29, 0.717) is 24.8 Å². The first-order valence-corrected chi connectivity index (χ1v) is 7.31. The van der Waals surface area contributed by atoms with Crippen molar-refractivity contribution in [1.82, 2.24) is 4.98 Å². The molecule has 1 saturated carbocycles. The van der Waals surface area contributed by atoms with E-state index >= 15 is 0 Å². The second kappa shape index (κ2) is 5.71. The predicted molar refractivity (Wildman–Crippen MR) is 80.3 cm³/mol. The number of rotatable bonds is 4. The Hall–Kier alpha value is -2.50. The summed E-state index contributed by atoms with van der Waals surface area (Å²) in [5.41, 5.74) is 1.53. The van der Waals surface area contributed by atoms with Gasteiger partial charge in [-0.25, -0.2) is 0 Å². The van der Waals surface area contributed by atoms with Crippen molar-refractivity contribution >= 4 is 22.5 Å². The highest BCUT2D eigenvalue weighted by molar-refractivity contribution is 6.05. The lowest BCUT2D eigenvalue weighted by molar-refractivity contribution is -0.484. The molecular formula is C16H16N2O4. The molecule has 1 aliphatic rings. The molecule has 0 radical (unpaired) electrons. The van der Waals surface area contributed by atoms with E-state index < -0.39 is 23.3 Å². The molecule has 1 atom stereocenters. The maximum Gasteiger partial charge on any atom is 0.211 e. The second-order valence-electron chi connectivity index (χ2n) is 5.68. The van der Waals surface area contributed by atoms with E-state index in [4.69, 9.17) is 0 Å². The minimum Gasteiger partial charge on any atom is -0.361 e. The summed E-state index contributed by atoms with van der Waals surface area (Å²) in [6, 6.07) is 7.42. The molecule has 0 saturated heterocycles. The Bertz CT molecular complexity index is 733. The Morgan fingerprint density at radius 1 is 1.23 bits per heavy atom. The number of fused-ring (bicyclic) bond motifs is 1. The molecule has 1 unspecified atom stereocenters. The van der Waals surface area contributed by atoms with Crippen LogP contribution in [0.1, 0.15) is 30.7 Å². The number of aromatic nitrogens is 1. The quantitative estimate of drug-likeness (QED) is 0.533. The third kappa shape index (κ3) is 2.52. The SMILES string of the molecule is O=C1CCCC(=O)C1C(C[N+](=O)[O-])c1c[nH]c2ccccc12. The fourth-order valence-corrected chi connectivity index (χ4v) is 3.32. The van der Waals surface area contributed by atoms with E-state index in [0.717, 1.165) is 10.9 Å². The average Bonchev–Trinajstić information content (AvgIpc) is 2.89. The number of Topliss-reactive ketones (excluding diaryl/α,β-unsaturated/α-hetero) is 2. The van der Waals surface area contributed by atoms with Crippen molar-refractivity contribution in [2.24, 2.45) is 5.92 Å². The van der Waals surface area contributed by atoms with Gasteiger partial charge in [0.2, 0.25) is 6.54 Å². The first kappa shape index (κ1) is 14.4. The van der Waals surface area contributed by atoms with Crippen LogP contribution in [0.15, 0.2) is 30.5 Å². The van der Waals surface area contributed by atoms with Crippen LogP contribution >= 0.6 is 0 Å². The second-order valence-corrected chi connectivity index (χ2v) is 5.68. The summed E-state index contributed by atoms with van der Waals surface area (Å²) in [6.07, 6.45) is 2.89. The summed E-state index contributed by atoms with van der Waals surface area (Å²) in [6.45, 7) is -0.413. The number of hydrogen-bond acceptors (Lipinski definition) is 4. The summed E-state index contributed by atoms with van der Waals surface area (Å²) in [5.74, 6) is -1.94. The molecular weight excluding hydrogens is 284 g/mol. The van der Waals surface area contributed by atoms with Crippen molar-refractivity contribution in [2.75, 3.05) is 6.54 Å². The lowest BCUT2D eigenvalue weighted by Gasteiger charge is -2.25. The third-order valence-electron chi connectivity index (χ3n) is 4.31. The van der Waals surface area contributed by atoms with Gasteiger partial charge in [0.1, 0.15) is 11.6 Å². The van der Waals surface area contributed by atoms with Gasteiger partial charge in [0.05, 0.1) is 11.8 Å². The van der Waals surface area contributed by atoms with E-state index in [9.17, 15) is 19.7 Å². The number of nitrogens with one attached hydrogen (secondary N) is 1. The van der Waals surface area contributed by atoms with Gasteiger partial charge >= 0.3 is 0 Å². The zero-order valence-corrected chi connectivity index (χ0v) is 12.0. The van der Waals surface area contributed by atoms with Crippen molar-refractivity contribution < 1.29 is 14.5 Å². The summed E-state index contributed by atoms with van der Waals surface area (Å²) in [7, 11) is 0. The van der Waals surface area contributed by atoms with Gasteiger partial charge in [-0.2, -0.15) is 0 Å². The average molecular weight is 300 g/mol. The van der Waals surface area contributed by atoms with E-state index in [-0.39, 0.29) is 11.6 Å². The Balaban J connectivity index is 2.08. The zero-order valence-electron chi connectivity index (χ0n) is 12.0. The van der Waals surface area contributed by atoms with Crippen molar-refractivity contribution in [3.05, 3.63) is 46.1 Å². The van der Waals surface area contributed by atoms with Crippen LogP contribution in [0, 0.1) is 16.0 Å². The number of benzene rings is 1. The van der Waals surface area contributed by atoms with E-state index in [1.165, 1.54) is 0 Å². The Morgan fingerprint density at radius 3 is 2.59 bits per heavy atom. The zero-order chi connectivity index (χ0) is 15.7. The van der Waals surface area contributed by atoms with Crippen LogP contribution in [0.4, 0.5) is 0 Å². The van der Waals surface area contributed by atoms with Gasteiger partial charge in [-0.05, 0) is 18.1 Å². The molecule has 0 bridgehead atoms. The standard InChI is InChI=1S/C16H16N2O4/c19-14-6-3-7-15(20)16(14)12(9-18(21)22)11-8-17-13-5-2-1-4-10(11)13/h1-2,4-5,8,12,16-17H,3,6-7,9H2. The molecule has 1 heterocycles. The molecule has 1 aliphatic carbocycles. The largest absolute Gasteiger partial charge is 0.361 e. The van der Waals surface area contributed by atoms with Gasteiger partial charge in [0.25, 0.3) is 0 Å². The first-order valence-electron chi connectivity index (χ1n) is 7.31. The fourth-order valence-electron chi connectivity index (χ4n) is 3.32. The number of H-pyrrole nitrogens is 1. The van der Waals surface area contributed by atoms with Crippen LogP contribution in [0.2, 0.25) is 0 Å². The Labute approximate surface area is 126 Å². The molecule has 1 aromatic heterocycles. The van der Waals surface area contributed by atoms with Crippen LogP contribution in [-0.2, 0) is 9.59 Å². The molecule has 2 aromatic rings. The smallest absolute Gasteiger partial charge is 0.211 e. The van der Waals surface area contributed by atoms with Gasteiger partial charge in [-0.3, -0.25) is 19.7 Å². The number of carbonyl (C=O) groups is 2. The van der Waals surface area contributed by atoms with Crippen LogP contribution in [0.3, 0.4) is 0 Å². The van der Waals surface area contributed by atoms with Gasteiger partial charge < -0.3 is 4.98 Å². The topological polar surface area (TPSA) is 93.1 Å². The van der Waals surface area contributed by atoms with Gasteiger partial charge in [0.15, 0.2) is 0 Å². The summed E-state index contributed by atoms with van der Waals surface area (Å²) >= 11 is 0. The Morgan fingerprint density at radius 2 is 1.91 bits per heavy atom. The number of ketones is 2. The Kier molecular flexibility index (Phi) is 3.75. The monoisotopic (exact) mass is 300 g/mol. The molecule has 114 valence electrons. The molecule has 3 rings (SSSR count). The van der Waals surface area contributed by atoms with E-state index in [2.05, 4.69) is 4.98 Å². The highest BCUT2D eigenvalue weighted by Gasteiger charge is 2.40. The summed E-state index contributed by atoms with van der Waals surface area (Å²) in [5, 5.41) is 11.9. The number of aromatic amines is 1. The molecule has 0 aliphatic heterocycles. The van der Waals surface area contributed by atoms with E-state index in [1.54, 1.807) is 6.20 Å². The molecule has 1 aromatic carbocycles. The lowest BCUT2D eigenvalue weighted by atomic mass is 9.75. The van der Waals surface area contributed by atoms with Crippen LogP contribution in [-0.4, -0.2) is 28.0 Å². The van der Waals surface area contributed by atoms with Crippen LogP contribution in [0.5, 0.6) is 0 Å². The fraction of sp³-hybridized carbons (Fsp3) is 0.375.